The van der Waals surface area contributed by atoms with Crippen LogP contribution in [-0.4, -0.2) is 22.1 Å². The lowest BCUT2D eigenvalue weighted by molar-refractivity contribution is -0.121. The van der Waals surface area contributed by atoms with Crippen LogP contribution in [-0.2, 0) is 17.8 Å². The van der Waals surface area contributed by atoms with E-state index in [1.165, 1.54) is 11.3 Å². The molecule has 2 heterocycles. The quantitative estimate of drug-likeness (QED) is 0.589. The molecular weight excluding hydrogens is 354 g/mol. The first-order valence-electron chi connectivity index (χ1n) is 7.89. The maximum atomic E-state index is 12.0. The Labute approximate surface area is 153 Å². The van der Waals surface area contributed by atoms with Gasteiger partial charge in [-0.3, -0.25) is 4.79 Å². The fraction of sp³-hybridized carbons (Fsp3) is 0.176. The summed E-state index contributed by atoms with van der Waals surface area (Å²) in [4.78, 5) is 27.9. The third-order valence-corrected chi connectivity index (χ3v) is 4.35. The van der Waals surface area contributed by atoms with Crippen molar-refractivity contribution in [3.63, 3.8) is 0 Å². The van der Waals surface area contributed by atoms with E-state index in [2.05, 4.69) is 20.8 Å². The number of rotatable bonds is 7. The van der Waals surface area contributed by atoms with Gasteiger partial charge in [0, 0.05) is 25.1 Å². The van der Waals surface area contributed by atoms with Crippen LogP contribution in [0.4, 0.5) is 10.5 Å². The van der Waals surface area contributed by atoms with Gasteiger partial charge < -0.3 is 20.9 Å². The summed E-state index contributed by atoms with van der Waals surface area (Å²) in [6.45, 7) is 0.389. The Balaban J connectivity index is 1.43. The van der Waals surface area contributed by atoms with Gasteiger partial charge >= 0.3 is 6.03 Å². The molecule has 1 aromatic carbocycles. The molecule has 26 heavy (non-hydrogen) atoms. The third-order valence-electron chi connectivity index (χ3n) is 3.49. The van der Waals surface area contributed by atoms with Crippen LogP contribution in [0.25, 0.3) is 10.7 Å². The summed E-state index contributed by atoms with van der Waals surface area (Å²) in [6, 6.07) is 10.3. The molecule has 0 radical (unpaired) electrons. The van der Waals surface area contributed by atoms with Crippen molar-refractivity contribution >= 4 is 29.0 Å². The fourth-order valence-electron chi connectivity index (χ4n) is 2.22. The van der Waals surface area contributed by atoms with Gasteiger partial charge in [-0.1, -0.05) is 23.4 Å². The van der Waals surface area contributed by atoms with Crippen LogP contribution in [0.15, 0.2) is 46.3 Å². The van der Waals surface area contributed by atoms with E-state index in [-0.39, 0.29) is 12.3 Å². The molecule has 3 amide bonds. The predicted molar refractivity (Wildman–Crippen MR) is 97.4 cm³/mol. The number of nitrogens with two attached hydrogens (primary N) is 1. The Bertz CT molecular complexity index is 874. The zero-order valence-corrected chi connectivity index (χ0v) is 14.6. The minimum Gasteiger partial charge on any atom is -0.352 e. The molecule has 0 atom stereocenters. The van der Waals surface area contributed by atoms with Crippen LogP contribution in [0.2, 0.25) is 0 Å². The van der Waals surface area contributed by atoms with Crippen molar-refractivity contribution < 1.29 is 14.1 Å². The number of anilines is 1. The molecule has 4 N–H and O–H groups in total. The Morgan fingerprint density at radius 1 is 1.19 bits per heavy atom. The number of thiophene rings is 1. The average molecular weight is 371 g/mol. The lowest BCUT2D eigenvalue weighted by Gasteiger charge is -2.06. The molecule has 0 aliphatic rings. The molecule has 8 nitrogen and oxygen atoms in total. The SMILES string of the molecule is NC(=O)Nc1ccc(CNC(=O)CCc2nc(-c3cccs3)no2)cc1. The normalized spacial score (nSPS) is 10.5. The first kappa shape index (κ1) is 17.6. The van der Waals surface area contributed by atoms with Crippen molar-refractivity contribution in [1.29, 1.82) is 0 Å². The largest absolute Gasteiger partial charge is 0.352 e. The Hall–Kier alpha value is -3.20. The van der Waals surface area contributed by atoms with Crippen molar-refractivity contribution in [1.82, 2.24) is 15.5 Å². The van der Waals surface area contributed by atoms with Gasteiger partial charge in [-0.05, 0) is 29.1 Å². The number of urea groups is 1. The van der Waals surface area contributed by atoms with Gasteiger partial charge in [0.1, 0.15) is 0 Å². The average Bonchev–Trinajstić information content (AvgIpc) is 3.30. The maximum absolute atomic E-state index is 12.0. The number of benzene rings is 1. The van der Waals surface area contributed by atoms with Gasteiger partial charge in [-0.15, -0.1) is 11.3 Å². The van der Waals surface area contributed by atoms with Crippen LogP contribution < -0.4 is 16.4 Å². The Morgan fingerprint density at radius 3 is 2.69 bits per heavy atom. The van der Waals surface area contributed by atoms with Gasteiger partial charge in [-0.2, -0.15) is 4.98 Å². The van der Waals surface area contributed by atoms with E-state index < -0.39 is 6.03 Å². The number of hydrogen-bond acceptors (Lipinski definition) is 6. The number of aromatic nitrogens is 2. The molecule has 2 aromatic heterocycles. The number of nitrogens with one attached hydrogen (secondary N) is 2. The molecule has 0 unspecified atom stereocenters. The molecule has 0 saturated carbocycles. The van der Waals surface area contributed by atoms with E-state index in [1.54, 1.807) is 24.3 Å². The standard InChI is InChI=1S/C17H17N5O3S/c18-17(24)20-12-5-3-11(4-6-12)10-19-14(23)7-8-15-21-16(22-25-15)13-2-1-9-26-13/h1-6,9H,7-8,10H2,(H,19,23)(H3,18,20,24). The molecule has 9 heteroatoms. The van der Waals surface area contributed by atoms with Crippen molar-refractivity contribution in [3.05, 3.63) is 53.2 Å². The molecule has 0 bridgehead atoms. The maximum Gasteiger partial charge on any atom is 0.316 e. The Kier molecular flexibility index (Phi) is 5.59. The summed E-state index contributed by atoms with van der Waals surface area (Å²) in [5.74, 6) is 0.866. The first-order chi connectivity index (χ1) is 12.6. The predicted octanol–water partition coefficient (Wildman–Crippen LogP) is 2.54. The first-order valence-corrected chi connectivity index (χ1v) is 8.76. The fourth-order valence-corrected chi connectivity index (χ4v) is 2.87. The molecule has 0 aliphatic heterocycles. The number of primary amides is 1. The molecule has 0 fully saturated rings. The highest BCUT2D eigenvalue weighted by atomic mass is 32.1. The minimum atomic E-state index is -0.616. The van der Waals surface area contributed by atoms with E-state index in [4.69, 9.17) is 10.3 Å². The van der Waals surface area contributed by atoms with E-state index in [1.807, 2.05) is 17.5 Å². The molecule has 0 aliphatic carbocycles. The molecule has 3 rings (SSSR count). The van der Waals surface area contributed by atoms with Crippen LogP contribution >= 0.6 is 11.3 Å². The highest BCUT2D eigenvalue weighted by molar-refractivity contribution is 7.13. The second-order valence-electron chi connectivity index (χ2n) is 5.45. The number of carbonyl (C=O) groups is 2. The number of hydrogen-bond donors (Lipinski definition) is 3. The van der Waals surface area contributed by atoms with Crippen LogP contribution in [0.5, 0.6) is 0 Å². The summed E-state index contributed by atoms with van der Waals surface area (Å²) in [5, 5.41) is 11.2. The highest BCUT2D eigenvalue weighted by Gasteiger charge is 2.11. The molecule has 0 spiro atoms. The second-order valence-corrected chi connectivity index (χ2v) is 6.40. The number of aryl methyl sites for hydroxylation is 1. The van der Waals surface area contributed by atoms with Crippen molar-refractivity contribution in [2.24, 2.45) is 5.73 Å². The van der Waals surface area contributed by atoms with Crippen LogP contribution in [0, 0.1) is 0 Å². The number of amides is 3. The number of carbonyl (C=O) groups excluding carboxylic acids is 2. The summed E-state index contributed by atoms with van der Waals surface area (Å²) < 4.78 is 5.17. The summed E-state index contributed by atoms with van der Waals surface area (Å²) >= 11 is 1.53. The molecular formula is C17H17N5O3S. The second kappa shape index (κ2) is 8.26. The van der Waals surface area contributed by atoms with Gasteiger partial charge in [0.05, 0.1) is 4.88 Å². The molecule has 3 aromatic rings. The molecule has 134 valence electrons. The monoisotopic (exact) mass is 371 g/mol. The van der Waals surface area contributed by atoms with E-state index >= 15 is 0 Å². The van der Waals surface area contributed by atoms with Crippen LogP contribution in [0.3, 0.4) is 0 Å². The van der Waals surface area contributed by atoms with E-state index in [0.717, 1.165) is 10.4 Å². The van der Waals surface area contributed by atoms with E-state index in [0.29, 0.717) is 30.4 Å². The van der Waals surface area contributed by atoms with Crippen molar-refractivity contribution in [2.75, 3.05) is 5.32 Å². The lowest BCUT2D eigenvalue weighted by atomic mass is 10.2. The third kappa shape index (κ3) is 4.90. The zero-order valence-electron chi connectivity index (χ0n) is 13.8. The summed E-state index contributed by atoms with van der Waals surface area (Å²) in [6.07, 6.45) is 0.638. The van der Waals surface area contributed by atoms with Crippen LogP contribution in [0.1, 0.15) is 17.9 Å². The van der Waals surface area contributed by atoms with Gasteiger partial charge in [0.25, 0.3) is 0 Å². The highest BCUT2D eigenvalue weighted by Crippen LogP contribution is 2.21. The summed E-state index contributed by atoms with van der Waals surface area (Å²) in [5.41, 5.74) is 6.56. The Morgan fingerprint density at radius 2 is 2.00 bits per heavy atom. The molecule has 0 saturated heterocycles. The minimum absolute atomic E-state index is 0.111. The summed E-state index contributed by atoms with van der Waals surface area (Å²) in [7, 11) is 0. The van der Waals surface area contributed by atoms with Gasteiger partial charge in [0.2, 0.25) is 17.6 Å². The zero-order chi connectivity index (χ0) is 18.4. The van der Waals surface area contributed by atoms with Crippen molar-refractivity contribution in [3.8, 4) is 10.7 Å². The van der Waals surface area contributed by atoms with Gasteiger partial charge in [-0.25, -0.2) is 4.79 Å². The van der Waals surface area contributed by atoms with E-state index in [9.17, 15) is 9.59 Å². The smallest absolute Gasteiger partial charge is 0.316 e. The topological polar surface area (TPSA) is 123 Å². The van der Waals surface area contributed by atoms with Crippen molar-refractivity contribution in [2.45, 2.75) is 19.4 Å². The number of nitrogens with zero attached hydrogens (tertiary/aromatic N) is 2. The lowest BCUT2D eigenvalue weighted by Crippen LogP contribution is -2.23. The van der Waals surface area contributed by atoms with Gasteiger partial charge in [0.15, 0.2) is 0 Å².